The average molecular weight is 512 g/mol. The summed E-state index contributed by atoms with van der Waals surface area (Å²) in [5, 5.41) is 9.65. The van der Waals surface area contributed by atoms with E-state index in [1.165, 1.54) is 7.11 Å². The lowest BCUT2D eigenvalue weighted by Crippen LogP contribution is -2.54. The lowest BCUT2D eigenvalue weighted by Gasteiger charge is -2.32. The summed E-state index contributed by atoms with van der Waals surface area (Å²) in [6.45, 7) is 4.93. The number of pyridine rings is 1. The van der Waals surface area contributed by atoms with Gasteiger partial charge in [0, 0.05) is 50.0 Å². The van der Waals surface area contributed by atoms with Crippen LogP contribution in [0.4, 0.5) is 23.3 Å². The number of aromatic nitrogens is 5. The van der Waals surface area contributed by atoms with Gasteiger partial charge in [0.1, 0.15) is 23.4 Å². The number of carbonyl (C=O) groups is 1. The van der Waals surface area contributed by atoms with Gasteiger partial charge < -0.3 is 20.7 Å². The van der Waals surface area contributed by atoms with Crippen LogP contribution in [0, 0.1) is 6.92 Å². The second-order valence-corrected chi connectivity index (χ2v) is 8.91. The third-order valence-corrected chi connectivity index (χ3v) is 6.05. The number of rotatable bonds is 8. The van der Waals surface area contributed by atoms with Crippen LogP contribution in [0.3, 0.4) is 0 Å². The number of anilines is 4. The van der Waals surface area contributed by atoms with Crippen LogP contribution < -0.4 is 16.0 Å². The summed E-state index contributed by atoms with van der Waals surface area (Å²) in [5.74, 6) is 1.97. The highest BCUT2D eigenvalue weighted by Gasteiger charge is 2.25. The first-order valence-electron chi connectivity index (χ1n) is 12.3. The van der Waals surface area contributed by atoms with Crippen molar-refractivity contribution in [1.82, 2.24) is 35.1 Å². The Morgan fingerprint density at radius 3 is 2.58 bits per heavy atom. The van der Waals surface area contributed by atoms with Crippen LogP contribution in [0.25, 0.3) is 11.5 Å². The maximum Gasteiger partial charge on any atom is 0.324 e. The largest absolute Gasteiger partial charge is 0.468 e. The van der Waals surface area contributed by atoms with E-state index in [4.69, 9.17) is 4.74 Å². The Balaban J connectivity index is 1.20. The molecule has 4 heterocycles. The van der Waals surface area contributed by atoms with Gasteiger partial charge in [-0.3, -0.25) is 9.69 Å². The van der Waals surface area contributed by atoms with E-state index in [1.807, 2.05) is 37.3 Å². The molecule has 0 amide bonds. The molecule has 1 aliphatic rings. The highest BCUT2D eigenvalue weighted by Crippen LogP contribution is 2.20. The van der Waals surface area contributed by atoms with E-state index < -0.39 is 0 Å². The van der Waals surface area contributed by atoms with Gasteiger partial charge in [-0.1, -0.05) is 18.2 Å². The molecule has 4 aromatic rings. The van der Waals surface area contributed by atoms with Crippen LogP contribution in [-0.2, 0) is 16.1 Å². The number of hydrogen-bond acceptors (Lipinski definition) is 11. The maximum atomic E-state index is 11.8. The zero-order valence-electron chi connectivity index (χ0n) is 21.3. The quantitative estimate of drug-likeness (QED) is 0.302. The number of nitrogens with one attached hydrogen (secondary N) is 3. The zero-order valence-corrected chi connectivity index (χ0v) is 21.3. The normalized spacial score (nSPS) is 15.6. The third-order valence-electron chi connectivity index (χ3n) is 6.05. The number of aryl methyl sites for hydroxylation is 1. The lowest BCUT2D eigenvalue weighted by atomic mass is 10.1. The number of hydrogen-bond donors (Lipinski definition) is 3. The van der Waals surface area contributed by atoms with Gasteiger partial charge in [0.05, 0.1) is 7.11 Å². The minimum Gasteiger partial charge on any atom is -0.468 e. The molecular weight excluding hydrogens is 482 g/mol. The Hall–Kier alpha value is -4.48. The smallest absolute Gasteiger partial charge is 0.324 e. The Labute approximate surface area is 220 Å². The predicted molar refractivity (Wildman–Crippen MR) is 144 cm³/mol. The average Bonchev–Trinajstić information content (AvgIpc) is 2.94. The van der Waals surface area contributed by atoms with Gasteiger partial charge in [0.15, 0.2) is 5.82 Å². The van der Waals surface area contributed by atoms with Crippen molar-refractivity contribution in [3.05, 3.63) is 78.2 Å². The van der Waals surface area contributed by atoms with Gasteiger partial charge in [-0.15, -0.1) is 0 Å². The molecule has 0 spiro atoms. The molecule has 0 saturated carbocycles. The summed E-state index contributed by atoms with van der Waals surface area (Å²) in [4.78, 5) is 36.4. The number of carbonyl (C=O) groups excluding carboxylic acids is 1. The molecule has 0 bridgehead atoms. The highest BCUT2D eigenvalue weighted by molar-refractivity contribution is 5.76. The molecule has 1 aromatic carbocycles. The van der Waals surface area contributed by atoms with Crippen LogP contribution in [-0.4, -0.2) is 68.6 Å². The van der Waals surface area contributed by atoms with Crippen molar-refractivity contribution in [2.45, 2.75) is 19.5 Å². The standard InChI is InChI=1S/C27H29N9O2/c1-18-4-3-5-21(31-18)25-29-12-10-23(34-25)33-24-11-13-30-27(35-24)32-20-8-6-19(7-9-20)16-36-15-14-28-22(17-36)26(37)38-2/h3-13,22,28H,14-17H2,1-2H3,(H2,29,30,32,33,34,35)/t22-/m1/s1. The SMILES string of the molecule is COC(=O)[C@H]1CN(Cc2ccc(Nc3nccc(Nc4ccnc(-c5cccc(C)n5)n4)n3)cc2)CCN1. The monoisotopic (exact) mass is 511 g/mol. The minimum atomic E-state index is -0.291. The first-order chi connectivity index (χ1) is 18.6. The molecular formula is C27H29N9O2. The molecule has 1 saturated heterocycles. The fraction of sp³-hybridized carbons (Fsp3) is 0.259. The van der Waals surface area contributed by atoms with Crippen molar-refractivity contribution in [2.24, 2.45) is 0 Å². The summed E-state index contributed by atoms with van der Waals surface area (Å²) in [6.07, 6.45) is 3.37. The molecule has 11 nitrogen and oxygen atoms in total. The van der Waals surface area contributed by atoms with E-state index in [0.717, 1.165) is 36.6 Å². The van der Waals surface area contributed by atoms with Crippen LogP contribution in [0.2, 0.25) is 0 Å². The first-order valence-corrected chi connectivity index (χ1v) is 12.3. The molecule has 0 aliphatic carbocycles. The van der Waals surface area contributed by atoms with Crippen molar-refractivity contribution in [1.29, 1.82) is 0 Å². The Morgan fingerprint density at radius 1 is 1.00 bits per heavy atom. The van der Waals surface area contributed by atoms with Gasteiger partial charge in [0.25, 0.3) is 0 Å². The third kappa shape index (κ3) is 6.44. The van der Waals surface area contributed by atoms with E-state index in [1.54, 1.807) is 24.5 Å². The number of esters is 1. The summed E-state index contributed by atoms with van der Waals surface area (Å²) in [5.41, 5.74) is 3.64. The fourth-order valence-electron chi connectivity index (χ4n) is 4.17. The maximum absolute atomic E-state index is 11.8. The van der Waals surface area contributed by atoms with Crippen LogP contribution in [0.15, 0.2) is 67.0 Å². The Kier molecular flexibility index (Phi) is 7.76. The summed E-state index contributed by atoms with van der Waals surface area (Å²) in [6, 6.07) is 17.1. The molecule has 1 fully saturated rings. The van der Waals surface area contributed by atoms with E-state index in [2.05, 4.69) is 57.9 Å². The first kappa shape index (κ1) is 25.2. The van der Waals surface area contributed by atoms with Gasteiger partial charge >= 0.3 is 5.97 Å². The molecule has 3 aromatic heterocycles. The van der Waals surface area contributed by atoms with Gasteiger partial charge in [-0.25, -0.2) is 19.9 Å². The zero-order chi connectivity index (χ0) is 26.3. The van der Waals surface area contributed by atoms with E-state index in [9.17, 15) is 4.79 Å². The topological polar surface area (TPSA) is 130 Å². The van der Waals surface area contributed by atoms with E-state index in [0.29, 0.717) is 35.6 Å². The number of nitrogens with zero attached hydrogens (tertiary/aromatic N) is 6. The van der Waals surface area contributed by atoms with Gasteiger partial charge in [-0.05, 0) is 48.9 Å². The number of piperazine rings is 1. The van der Waals surface area contributed by atoms with E-state index >= 15 is 0 Å². The second kappa shape index (κ2) is 11.7. The number of ether oxygens (including phenoxy) is 1. The van der Waals surface area contributed by atoms with E-state index in [-0.39, 0.29) is 12.0 Å². The van der Waals surface area contributed by atoms with Crippen LogP contribution in [0.5, 0.6) is 0 Å². The Morgan fingerprint density at radius 2 is 1.79 bits per heavy atom. The molecule has 1 aliphatic heterocycles. The van der Waals surface area contributed by atoms with Crippen molar-refractivity contribution >= 4 is 29.2 Å². The molecule has 194 valence electrons. The van der Waals surface area contributed by atoms with Crippen molar-refractivity contribution in [3.8, 4) is 11.5 Å². The molecule has 0 radical (unpaired) electrons. The lowest BCUT2D eigenvalue weighted by molar-refractivity contribution is -0.144. The predicted octanol–water partition coefficient (Wildman–Crippen LogP) is 3.07. The van der Waals surface area contributed by atoms with Crippen LogP contribution >= 0.6 is 0 Å². The molecule has 11 heteroatoms. The number of benzene rings is 1. The highest BCUT2D eigenvalue weighted by atomic mass is 16.5. The summed E-state index contributed by atoms with van der Waals surface area (Å²) >= 11 is 0. The van der Waals surface area contributed by atoms with Crippen molar-refractivity contribution < 1.29 is 9.53 Å². The summed E-state index contributed by atoms with van der Waals surface area (Å²) in [7, 11) is 1.42. The molecule has 0 unspecified atom stereocenters. The minimum absolute atomic E-state index is 0.227. The molecule has 38 heavy (non-hydrogen) atoms. The van der Waals surface area contributed by atoms with Crippen LogP contribution in [0.1, 0.15) is 11.3 Å². The van der Waals surface area contributed by atoms with Gasteiger partial charge in [0.2, 0.25) is 5.95 Å². The number of methoxy groups -OCH3 is 1. The second-order valence-electron chi connectivity index (χ2n) is 8.91. The summed E-state index contributed by atoms with van der Waals surface area (Å²) < 4.78 is 4.87. The van der Waals surface area contributed by atoms with Crippen molar-refractivity contribution in [3.63, 3.8) is 0 Å². The van der Waals surface area contributed by atoms with Gasteiger partial charge in [-0.2, -0.15) is 4.98 Å². The van der Waals surface area contributed by atoms with Crippen molar-refractivity contribution in [2.75, 3.05) is 37.4 Å². The molecule has 1 atom stereocenters. The fourth-order valence-corrected chi connectivity index (χ4v) is 4.17. The molecule has 5 rings (SSSR count). The molecule has 3 N–H and O–H groups in total. The Bertz CT molecular complexity index is 1400.